The van der Waals surface area contributed by atoms with E-state index in [0.717, 1.165) is 16.8 Å². The topological polar surface area (TPSA) is 49.4 Å². The first kappa shape index (κ1) is 19.4. The van der Waals surface area contributed by atoms with E-state index < -0.39 is 0 Å². The monoisotopic (exact) mass is 372 g/mol. The van der Waals surface area contributed by atoms with Crippen LogP contribution in [0, 0.1) is 0 Å². The standard InChI is InChI=1S/C24H24N2O2/c1-18(27)25-21-13-15-22(16-14-21)26(2)24(28)17-23(19-9-5-3-6-10-19)20-11-7-4-8-12-20/h3-16,23H,17H2,1-2H3,(H,25,27). The van der Waals surface area contributed by atoms with Crippen molar-refractivity contribution in [2.24, 2.45) is 0 Å². The molecule has 0 bridgehead atoms. The van der Waals surface area contributed by atoms with Crippen molar-refractivity contribution < 1.29 is 9.59 Å². The van der Waals surface area contributed by atoms with Crippen molar-refractivity contribution in [2.75, 3.05) is 17.3 Å². The van der Waals surface area contributed by atoms with Gasteiger partial charge in [0.2, 0.25) is 11.8 Å². The molecule has 0 aliphatic carbocycles. The van der Waals surface area contributed by atoms with E-state index in [-0.39, 0.29) is 17.7 Å². The minimum Gasteiger partial charge on any atom is -0.326 e. The minimum absolute atomic E-state index is 0.00370. The average molecular weight is 372 g/mol. The van der Waals surface area contributed by atoms with Gasteiger partial charge < -0.3 is 10.2 Å². The van der Waals surface area contributed by atoms with Gasteiger partial charge in [-0.3, -0.25) is 9.59 Å². The summed E-state index contributed by atoms with van der Waals surface area (Å²) in [5, 5.41) is 2.73. The first-order valence-electron chi connectivity index (χ1n) is 9.28. The predicted molar refractivity (Wildman–Crippen MR) is 113 cm³/mol. The zero-order valence-corrected chi connectivity index (χ0v) is 16.1. The number of amides is 2. The van der Waals surface area contributed by atoms with Crippen LogP contribution in [0.15, 0.2) is 84.9 Å². The molecule has 0 heterocycles. The van der Waals surface area contributed by atoms with E-state index in [0.29, 0.717) is 12.1 Å². The molecule has 0 fully saturated rings. The van der Waals surface area contributed by atoms with E-state index >= 15 is 0 Å². The fourth-order valence-electron chi connectivity index (χ4n) is 3.23. The molecule has 3 aromatic rings. The summed E-state index contributed by atoms with van der Waals surface area (Å²) >= 11 is 0. The fraction of sp³-hybridized carbons (Fsp3) is 0.167. The van der Waals surface area contributed by atoms with Gasteiger partial charge in [0, 0.05) is 37.7 Å². The highest BCUT2D eigenvalue weighted by molar-refractivity contribution is 5.94. The molecule has 0 aliphatic heterocycles. The van der Waals surface area contributed by atoms with Crippen LogP contribution in [0.3, 0.4) is 0 Å². The summed E-state index contributed by atoms with van der Waals surface area (Å²) in [4.78, 5) is 25.8. The smallest absolute Gasteiger partial charge is 0.227 e. The van der Waals surface area contributed by atoms with Crippen LogP contribution in [-0.2, 0) is 9.59 Å². The van der Waals surface area contributed by atoms with Gasteiger partial charge in [-0.2, -0.15) is 0 Å². The average Bonchev–Trinajstić information content (AvgIpc) is 2.72. The van der Waals surface area contributed by atoms with Crippen LogP contribution in [0.2, 0.25) is 0 Å². The highest BCUT2D eigenvalue weighted by Crippen LogP contribution is 2.29. The third kappa shape index (κ3) is 4.86. The summed E-state index contributed by atoms with van der Waals surface area (Å²) < 4.78 is 0. The van der Waals surface area contributed by atoms with E-state index in [1.165, 1.54) is 6.92 Å². The molecule has 3 aromatic carbocycles. The summed E-state index contributed by atoms with van der Waals surface area (Å²) in [7, 11) is 1.78. The van der Waals surface area contributed by atoms with Crippen molar-refractivity contribution >= 4 is 23.2 Å². The summed E-state index contributed by atoms with van der Waals surface area (Å²) in [6.45, 7) is 1.47. The Bertz CT molecular complexity index is 882. The molecule has 2 amide bonds. The molecule has 4 nitrogen and oxygen atoms in total. The van der Waals surface area contributed by atoms with Gasteiger partial charge in [-0.05, 0) is 35.4 Å². The maximum Gasteiger partial charge on any atom is 0.227 e. The van der Waals surface area contributed by atoms with Gasteiger partial charge in [0.05, 0.1) is 0 Å². The number of benzene rings is 3. The summed E-state index contributed by atoms with van der Waals surface area (Å²) in [6, 6.07) is 27.5. The number of nitrogens with one attached hydrogen (secondary N) is 1. The Hall–Kier alpha value is -3.40. The van der Waals surface area contributed by atoms with Crippen molar-refractivity contribution in [1.82, 2.24) is 0 Å². The normalized spacial score (nSPS) is 10.5. The quantitative estimate of drug-likeness (QED) is 0.674. The molecule has 28 heavy (non-hydrogen) atoms. The summed E-state index contributed by atoms with van der Waals surface area (Å²) in [6.07, 6.45) is 0.373. The molecule has 0 saturated heterocycles. The molecule has 1 N–H and O–H groups in total. The van der Waals surface area contributed by atoms with Crippen molar-refractivity contribution in [3.8, 4) is 0 Å². The molecule has 142 valence electrons. The maximum atomic E-state index is 13.0. The predicted octanol–water partition coefficient (Wildman–Crippen LogP) is 4.83. The highest BCUT2D eigenvalue weighted by atomic mass is 16.2. The molecular weight excluding hydrogens is 348 g/mol. The summed E-state index contributed by atoms with van der Waals surface area (Å²) in [5.41, 5.74) is 3.75. The second-order valence-electron chi connectivity index (χ2n) is 6.76. The Labute approximate surface area is 165 Å². The lowest BCUT2D eigenvalue weighted by atomic mass is 9.88. The number of hydrogen-bond donors (Lipinski definition) is 1. The lowest BCUT2D eigenvalue weighted by Gasteiger charge is -2.23. The SMILES string of the molecule is CC(=O)Nc1ccc(N(C)C(=O)CC(c2ccccc2)c2ccccc2)cc1. The van der Waals surface area contributed by atoms with Gasteiger partial charge in [0.15, 0.2) is 0 Å². The van der Waals surface area contributed by atoms with Gasteiger partial charge in [0.1, 0.15) is 0 Å². The van der Waals surface area contributed by atoms with Gasteiger partial charge in [-0.15, -0.1) is 0 Å². The van der Waals surface area contributed by atoms with Gasteiger partial charge in [0.25, 0.3) is 0 Å². The van der Waals surface area contributed by atoms with Crippen LogP contribution < -0.4 is 10.2 Å². The molecule has 0 aromatic heterocycles. The highest BCUT2D eigenvalue weighted by Gasteiger charge is 2.21. The zero-order chi connectivity index (χ0) is 19.9. The van der Waals surface area contributed by atoms with Crippen LogP contribution >= 0.6 is 0 Å². The van der Waals surface area contributed by atoms with Crippen molar-refractivity contribution in [2.45, 2.75) is 19.3 Å². The fourth-order valence-corrected chi connectivity index (χ4v) is 3.23. The van der Waals surface area contributed by atoms with E-state index in [1.807, 2.05) is 48.5 Å². The zero-order valence-electron chi connectivity index (χ0n) is 16.1. The van der Waals surface area contributed by atoms with Gasteiger partial charge in [-0.1, -0.05) is 60.7 Å². The molecule has 0 saturated carbocycles. The molecule has 0 atom stereocenters. The molecule has 0 unspecified atom stereocenters. The third-order valence-electron chi connectivity index (χ3n) is 4.73. The number of nitrogens with zero attached hydrogens (tertiary/aromatic N) is 1. The molecule has 0 aliphatic rings. The molecule has 0 spiro atoms. The number of anilines is 2. The Morgan fingerprint density at radius 2 is 1.32 bits per heavy atom. The Morgan fingerprint density at radius 3 is 1.79 bits per heavy atom. The van der Waals surface area contributed by atoms with E-state index in [2.05, 4.69) is 29.6 Å². The molecular formula is C24H24N2O2. The second-order valence-corrected chi connectivity index (χ2v) is 6.76. The molecule has 0 radical (unpaired) electrons. The largest absolute Gasteiger partial charge is 0.326 e. The Kier molecular flexibility index (Phi) is 6.22. The number of hydrogen-bond acceptors (Lipinski definition) is 2. The molecule has 4 heteroatoms. The number of carbonyl (C=O) groups excluding carboxylic acids is 2. The van der Waals surface area contributed by atoms with Gasteiger partial charge >= 0.3 is 0 Å². The van der Waals surface area contributed by atoms with Crippen LogP contribution in [0.5, 0.6) is 0 Å². The van der Waals surface area contributed by atoms with E-state index in [4.69, 9.17) is 0 Å². The van der Waals surface area contributed by atoms with Crippen molar-refractivity contribution in [3.63, 3.8) is 0 Å². The van der Waals surface area contributed by atoms with Crippen molar-refractivity contribution in [3.05, 3.63) is 96.1 Å². The second kappa shape index (κ2) is 9.00. The van der Waals surface area contributed by atoms with Gasteiger partial charge in [-0.25, -0.2) is 0 Å². The number of carbonyl (C=O) groups is 2. The first-order valence-corrected chi connectivity index (χ1v) is 9.28. The molecule has 3 rings (SSSR count). The third-order valence-corrected chi connectivity index (χ3v) is 4.73. The van der Waals surface area contributed by atoms with Crippen LogP contribution in [-0.4, -0.2) is 18.9 Å². The maximum absolute atomic E-state index is 13.0. The Morgan fingerprint density at radius 1 is 0.821 bits per heavy atom. The van der Waals surface area contributed by atoms with E-state index in [1.54, 1.807) is 24.1 Å². The van der Waals surface area contributed by atoms with Crippen LogP contribution in [0.25, 0.3) is 0 Å². The van der Waals surface area contributed by atoms with Crippen LogP contribution in [0.4, 0.5) is 11.4 Å². The van der Waals surface area contributed by atoms with Crippen molar-refractivity contribution in [1.29, 1.82) is 0 Å². The van der Waals surface area contributed by atoms with E-state index in [9.17, 15) is 9.59 Å². The first-order chi connectivity index (χ1) is 13.5. The number of rotatable bonds is 6. The lowest BCUT2D eigenvalue weighted by Crippen LogP contribution is -2.28. The summed E-state index contributed by atoms with van der Waals surface area (Å²) in [5.74, 6) is -0.0910. The lowest BCUT2D eigenvalue weighted by molar-refractivity contribution is -0.118. The minimum atomic E-state index is -0.120. The van der Waals surface area contributed by atoms with Crippen LogP contribution in [0.1, 0.15) is 30.4 Å². The Balaban J connectivity index is 1.79.